The molecule has 0 atom stereocenters. The third-order valence-corrected chi connectivity index (χ3v) is 5.02. The van der Waals surface area contributed by atoms with Crippen molar-refractivity contribution < 1.29 is 23.0 Å². The summed E-state index contributed by atoms with van der Waals surface area (Å²) in [5.41, 5.74) is 2.86. The fourth-order valence-electron chi connectivity index (χ4n) is 3.49. The van der Waals surface area contributed by atoms with Crippen molar-refractivity contribution in [1.82, 2.24) is 15.3 Å². The van der Waals surface area contributed by atoms with Crippen LogP contribution in [0.5, 0.6) is 5.75 Å². The van der Waals surface area contributed by atoms with Crippen molar-refractivity contribution in [3.8, 4) is 16.9 Å². The van der Waals surface area contributed by atoms with Crippen molar-refractivity contribution in [2.75, 3.05) is 19.8 Å². The number of esters is 1. The molecule has 0 unspecified atom stereocenters. The molecule has 0 bridgehead atoms. The lowest BCUT2D eigenvalue weighted by Gasteiger charge is -2.10. The number of ether oxygens (including phenoxy) is 2. The van der Waals surface area contributed by atoms with Gasteiger partial charge in [0.05, 0.1) is 12.1 Å². The fourth-order valence-corrected chi connectivity index (χ4v) is 3.49. The number of carbonyl (C=O) groups excluding carboxylic acids is 1. The van der Waals surface area contributed by atoms with E-state index < -0.39 is 17.6 Å². The number of para-hydroxylation sites is 1. The van der Waals surface area contributed by atoms with Gasteiger partial charge in [-0.15, -0.1) is 24.8 Å². The Morgan fingerprint density at radius 2 is 1.91 bits per heavy atom. The first-order chi connectivity index (χ1) is 16.0. The second-order valence-corrected chi connectivity index (χ2v) is 7.36. The average Bonchev–Trinajstić information content (AvgIpc) is 3.25. The van der Waals surface area contributed by atoms with Gasteiger partial charge in [-0.3, -0.25) is 4.98 Å². The number of nitrogens with one attached hydrogen (secondary N) is 2. The molecule has 4 aromatic rings. The average molecular weight is 524 g/mol. The zero-order valence-electron chi connectivity index (χ0n) is 18.8. The zero-order valence-corrected chi connectivity index (χ0v) is 20.5. The standard InChI is InChI=1S/C25H23F2N3O3.2ClH/c1-2-32-25(31)22-11-17-4-3-5-23(24(17)30-22)33-9-8-28-13-16-10-18(15-29-14-16)20-7-6-19(26)12-21(20)27;;/h3-7,10-12,14-15,28,30H,2,8-9,13H2,1H3;2*1H. The first-order valence-electron chi connectivity index (χ1n) is 10.6. The Morgan fingerprint density at radius 1 is 1.09 bits per heavy atom. The number of nitrogens with zero attached hydrogens (tertiary/aromatic N) is 1. The summed E-state index contributed by atoms with van der Waals surface area (Å²) in [6, 6.07) is 12.6. The van der Waals surface area contributed by atoms with Gasteiger partial charge in [0.1, 0.15) is 29.7 Å². The van der Waals surface area contributed by atoms with Gasteiger partial charge >= 0.3 is 5.97 Å². The van der Waals surface area contributed by atoms with Crippen LogP contribution in [0.4, 0.5) is 8.78 Å². The molecule has 35 heavy (non-hydrogen) atoms. The molecule has 0 spiro atoms. The van der Waals surface area contributed by atoms with Crippen LogP contribution in [0.15, 0.2) is 60.9 Å². The maximum atomic E-state index is 14.0. The van der Waals surface area contributed by atoms with E-state index in [9.17, 15) is 13.6 Å². The lowest BCUT2D eigenvalue weighted by molar-refractivity contribution is 0.0520. The van der Waals surface area contributed by atoms with E-state index in [1.807, 2.05) is 24.3 Å². The summed E-state index contributed by atoms with van der Waals surface area (Å²) in [6.45, 7) is 3.52. The van der Waals surface area contributed by atoms with Gasteiger partial charge in [-0.25, -0.2) is 13.6 Å². The predicted molar refractivity (Wildman–Crippen MR) is 136 cm³/mol. The molecule has 0 aliphatic carbocycles. The van der Waals surface area contributed by atoms with E-state index in [2.05, 4.69) is 15.3 Å². The van der Waals surface area contributed by atoms with Gasteiger partial charge in [-0.05, 0) is 42.8 Å². The Hall–Kier alpha value is -3.20. The van der Waals surface area contributed by atoms with Crippen LogP contribution in [0.25, 0.3) is 22.0 Å². The molecule has 6 nitrogen and oxygen atoms in total. The minimum absolute atomic E-state index is 0. The van der Waals surface area contributed by atoms with Crippen molar-refractivity contribution >= 4 is 41.7 Å². The molecule has 4 rings (SSSR count). The maximum Gasteiger partial charge on any atom is 0.354 e. The van der Waals surface area contributed by atoms with E-state index in [1.54, 1.807) is 25.4 Å². The van der Waals surface area contributed by atoms with Crippen LogP contribution in [0, 0.1) is 11.6 Å². The molecule has 0 fully saturated rings. The maximum absolute atomic E-state index is 14.0. The molecule has 2 aromatic carbocycles. The largest absolute Gasteiger partial charge is 0.490 e. The van der Waals surface area contributed by atoms with E-state index in [0.29, 0.717) is 48.9 Å². The highest BCUT2D eigenvalue weighted by Crippen LogP contribution is 2.26. The Kier molecular flexibility index (Phi) is 10.4. The third-order valence-electron chi connectivity index (χ3n) is 5.02. The molecule has 0 aliphatic rings. The van der Waals surface area contributed by atoms with E-state index in [4.69, 9.17) is 9.47 Å². The zero-order chi connectivity index (χ0) is 23.2. The van der Waals surface area contributed by atoms with Crippen LogP contribution in [0.1, 0.15) is 23.0 Å². The molecule has 186 valence electrons. The number of pyridine rings is 1. The molecule has 0 aliphatic heterocycles. The van der Waals surface area contributed by atoms with E-state index >= 15 is 0 Å². The summed E-state index contributed by atoms with van der Waals surface area (Å²) in [5.74, 6) is -1.01. The number of aromatic amines is 1. The lowest BCUT2D eigenvalue weighted by atomic mass is 10.1. The van der Waals surface area contributed by atoms with E-state index in [-0.39, 0.29) is 24.8 Å². The molecule has 0 radical (unpaired) electrons. The number of benzene rings is 2. The monoisotopic (exact) mass is 523 g/mol. The molecule has 2 aromatic heterocycles. The van der Waals surface area contributed by atoms with Gasteiger partial charge in [0, 0.05) is 48.1 Å². The number of fused-ring (bicyclic) bond motifs is 1. The van der Waals surface area contributed by atoms with E-state index in [0.717, 1.165) is 22.5 Å². The molecule has 10 heteroatoms. The minimum Gasteiger partial charge on any atom is -0.490 e. The van der Waals surface area contributed by atoms with Crippen molar-refractivity contribution in [2.45, 2.75) is 13.5 Å². The van der Waals surface area contributed by atoms with Crippen LogP contribution in [-0.4, -0.2) is 35.7 Å². The Morgan fingerprint density at radius 3 is 2.69 bits per heavy atom. The smallest absolute Gasteiger partial charge is 0.354 e. The second-order valence-electron chi connectivity index (χ2n) is 7.36. The number of H-pyrrole nitrogens is 1. The highest BCUT2D eigenvalue weighted by atomic mass is 35.5. The summed E-state index contributed by atoms with van der Waals surface area (Å²) in [7, 11) is 0. The summed E-state index contributed by atoms with van der Waals surface area (Å²) in [5, 5.41) is 4.12. The number of carbonyl (C=O) groups is 1. The number of aromatic nitrogens is 2. The van der Waals surface area contributed by atoms with Crippen LogP contribution in [-0.2, 0) is 11.3 Å². The van der Waals surface area contributed by atoms with Crippen molar-refractivity contribution in [2.24, 2.45) is 0 Å². The van der Waals surface area contributed by atoms with Crippen molar-refractivity contribution in [3.05, 3.63) is 83.8 Å². The normalized spacial score (nSPS) is 10.4. The van der Waals surface area contributed by atoms with Gasteiger partial charge in [-0.2, -0.15) is 0 Å². The van der Waals surface area contributed by atoms with Crippen molar-refractivity contribution in [3.63, 3.8) is 0 Å². The summed E-state index contributed by atoms with van der Waals surface area (Å²) in [6.07, 6.45) is 3.24. The Bertz CT molecular complexity index is 1280. The SMILES string of the molecule is CCOC(=O)c1cc2cccc(OCCNCc3cncc(-c4ccc(F)cc4F)c3)c2[nH]1.Cl.Cl. The van der Waals surface area contributed by atoms with Crippen LogP contribution in [0.3, 0.4) is 0 Å². The van der Waals surface area contributed by atoms with Crippen LogP contribution >= 0.6 is 24.8 Å². The van der Waals surface area contributed by atoms with Gasteiger partial charge in [-0.1, -0.05) is 12.1 Å². The van der Waals surface area contributed by atoms with Gasteiger partial charge < -0.3 is 19.8 Å². The lowest BCUT2D eigenvalue weighted by Crippen LogP contribution is -2.20. The first-order valence-corrected chi connectivity index (χ1v) is 10.6. The molecular weight excluding hydrogens is 499 g/mol. The highest BCUT2D eigenvalue weighted by Gasteiger charge is 2.13. The number of hydrogen-bond acceptors (Lipinski definition) is 5. The summed E-state index contributed by atoms with van der Waals surface area (Å²) < 4.78 is 38.1. The molecule has 0 amide bonds. The van der Waals surface area contributed by atoms with Gasteiger partial charge in [0.15, 0.2) is 0 Å². The topological polar surface area (TPSA) is 76.2 Å². The number of hydrogen-bond donors (Lipinski definition) is 2. The quantitative estimate of drug-likeness (QED) is 0.217. The highest BCUT2D eigenvalue weighted by molar-refractivity contribution is 5.96. The Balaban J connectivity index is 0.00000216. The first kappa shape index (κ1) is 28.0. The second kappa shape index (κ2) is 13.0. The van der Waals surface area contributed by atoms with Crippen molar-refractivity contribution in [1.29, 1.82) is 0 Å². The summed E-state index contributed by atoms with van der Waals surface area (Å²) >= 11 is 0. The van der Waals surface area contributed by atoms with Crippen LogP contribution < -0.4 is 10.1 Å². The minimum atomic E-state index is -0.625. The van der Waals surface area contributed by atoms with Gasteiger partial charge in [0.25, 0.3) is 0 Å². The number of rotatable bonds is 9. The Labute approximate surface area is 213 Å². The molecular formula is C25H25Cl2F2N3O3. The third kappa shape index (κ3) is 6.91. The number of halogens is 4. The molecule has 2 N–H and O–H groups in total. The summed E-state index contributed by atoms with van der Waals surface area (Å²) in [4.78, 5) is 19.2. The molecule has 0 saturated heterocycles. The fraction of sp³-hybridized carbons (Fsp3) is 0.200. The molecule has 0 saturated carbocycles. The van der Waals surface area contributed by atoms with Crippen LogP contribution in [0.2, 0.25) is 0 Å². The van der Waals surface area contributed by atoms with E-state index in [1.165, 1.54) is 12.1 Å². The predicted octanol–water partition coefficient (Wildman–Crippen LogP) is 5.70. The van der Waals surface area contributed by atoms with Gasteiger partial charge in [0.2, 0.25) is 0 Å². The molecule has 2 heterocycles.